The maximum absolute atomic E-state index is 9.64. The Balaban J connectivity index is 2.29. The fourth-order valence-electron chi connectivity index (χ4n) is 3.14. The van der Waals surface area contributed by atoms with E-state index in [1.807, 2.05) is 12.1 Å². The molecular formula is C19H14O. The predicted molar refractivity (Wildman–Crippen MR) is 85.4 cm³/mol. The van der Waals surface area contributed by atoms with Crippen LogP contribution in [0.15, 0.2) is 60.7 Å². The third kappa shape index (κ3) is 1.50. The maximum atomic E-state index is 9.64. The van der Waals surface area contributed by atoms with Crippen LogP contribution >= 0.6 is 0 Å². The molecule has 0 aliphatic rings. The summed E-state index contributed by atoms with van der Waals surface area (Å²) in [4.78, 5) is 0. The number of phenols is 1. The summed E-state index contributed by atoms with van der Waals surface area (Å²) in [7, 11) is 0. The van der Waals surface area contributed by atoms with Crippen molar-refractivity contribution >= 4 is 32.3 Å². The minimum absolute atomic E-state index is 0.315. The Hall–Kier alpha value is -2.54. The number of aromatic hydroxyl groups is 1. The van der Waals surface area contributed by atoms with Gasteiger partial charge in [0, 0.05) is 0 Å². The Morgan fingerprint density at radius 1 is 0.700 bits per heavy atom. The van der Waals surface area contributed by atoms with E-state index in [1.165, 1.54) is 32.5 Å². The number of fused-ring (bicyclic) bond motifs is 4. The molecule has 1 N–H and O–H groups in total. The van der Waals surface area contributed by atoms with Gasteiger partial charge < -0.3 is 5.11 Å². The van der Waals surface area contributed by atoms with Gasteiger partial charge in [0.2, 0.25) is 0 Å². The Kier molecular flexibility index (Phi) is 2.25. The van der Waals surface area contributed by atoms with Crippen LogP contribution in [0.2, 0.25) is 0 Å². The van der Waals surface area contributed by atoms with E-state index in [2.05, 4.69) is 49.4 Å². The van der Waals surface area contributed by atoms with Gasteiger partial charge in [-0.15, -0.1) is 0 Å². The molecule has 0 aromatic heterocycles. The van der Waals surface area contributed by atoms with Crippen molar-refractivity contribution in [1.82, 2.24) is 0 Å². The van der Waals surface area contributed by atoms with Crippen LogP contribution in [0, 0.1) is 6.92 Å². The molecule has 0 aliphatic carbocycles. The number of phenolic OH excluding ortho intramolecular Hbond substituents is 1. The standard InChI is InChI=1S/C19H14O/c1-12-17-5-3-2-4-13(17)10-15-7-6-14-11-16(20)8-9-18(14)19(12)15/h2-11,20H,1H3. The normalized spacial score (nSPS) is 11.4. The third-order valence-electron chi connectivity index (χ3n) is 4.09. The number of benzene rings is 4. The van der Waals surface area contributed by atoms with Crippen molar-refractivity contribution in [2.75, 3.05) is 0 Å². The summed E-state index contributed by atoms with van der Waals surface area (Å²) in [6.07, 6.45) is 0. The number of rotatable bonds is 0. The SMILES string of the molecule is Cc1c2ccccc2cc2ccc3cc(O)ccc3c12. The minimum atomic E-state index is 0.315. The van der Waals surface area contributed by atoms with Crippen LogP contribution < -0.4 is 0 Å². The second kappa shape index (κ2) is 3.97. The van der Waals surface area contributed by atoms with Crippen molar-refractivity contribution in [3.8, 4) is 5.75 Å². The molecule has 0 fully saturated rings. The summed E-state index contributed by atoms with van der Waals surface area (Å²) >= 11 is 0. The molecule has 0 aliphatic heterocycles. The lowest BCUT2D eigenvalue weighted by Crippen LogP contribution is -1.85. The van der Waals surface area contributed by atoms with Crippen molar-refractivity contribution in [1.29, 1.82) is 0 Å². The quantitative estimate of drug-likeness (QED) is 0.341. The zero-order valence-corrected chi connectivity index (χ0v) is 11.2. The molecule has 0 saturated heterocycles. The molecule has 0 spiro atoms. The molecule has 0 saturated carbocycles. The number of hydrogen-bond acceptors (Lipinski definition) is 1. The van der Waals surface area contributed by atoms with E-state index in [4.69, 9.17) is 0 Å². The minimum Gasteiger partial charge on any atom is -0.508 e. The van der Waals surface area contributed by atoms with Crippen LogP contribution in [0.3, 0.4) is 0 Å². The van der Waals surface area contributed by atoms with E-state index in [0.29, 0.717) is 5.75 Å². The molecule has 0 radical (unpaired) electrons. The Labute approximate surface area is 117 Å². The lowest BCUT2D eigenvalue weighted by molar-refractivity contribution is 0.476. The first-order chi connectivity index (χ1) is 9.74. The van der Waals surface area contributed by atoms with E-state index in [9.17, 15) is 5.11 Å². The average Bonchev–Trinajstić information content (AvgIpc) is 2.47. The fraction of sp³-hybridized carbons (Fsp3) is 0.0526. The van der Waals surface area contributed by atoms with Crippen molar-refractivity contribution in [3.63, 3.8) is 0 Å². The molecule has 4 aromatic carbocycles. The lowest BCUT2D eigenvalue weighted by atomic mass is 9.93. The first-order valence-electron chi connectivity index (χ1n) is 6.78. The van der Waals surface area contributed by atoms with E-state index in [0.717, 1.165) is 5.39 Å². The summed E-state index contributed by atoms with van der Waals surface area (Å²) in [5, 5.41) is 17.0. The maximum Gasteiger partial charge on any atom is 0.116 e. The van der Waals surface area contributed by atoms with E-state index in [1.54, 1.807) is 6.07 Å². The van der Waals surface area contributed by atoms with Crippen molar-refractivity contribution in [2.45, 2.75) is 6.92 Å². The monoisotopic (exact) mass is 258 g/mol. The molecule has 4 rings (SSSR count). The second-order valence-corrected chi connectivity index (χ2v) is 5.29. The highest BCUT2D eigenvalue weighted by Crippen LogP contribution is 2.34. The van der Waals surface area contributed by atoms with E-state index >= 15 is 0 Å². The Morgan fingerprint density at radius 3 is 2.35 bits per heavy atom. The average molecular weight is 258 g/mol. The summed E-state index contributed by atoms with van der Waals surface area (Å²) in [6, 6.07) is 20.5. The van der Waals surface area contributed by atoms with Crippen LogP contribution in [-0.4, -0.2) is 5.11 Å². The molecule has 0 amide bonds. The van der Waals surface area contributed by atoms with Crippen molar-refractivity contribution in [2.24, 2.45) is 0 Å². The Morgan fingerprint density at radius 2 is 1.45 bits per heavy atom. The van der Waals surface area contributed by atoms with Gasteiger partial charge in [0.1, 0.15) is 5.75 Å². The zero-order valence-electron chi connectivity index (χ0n) is 11.2. The predicted octanol–water partition coefficient (Wildman–Crippen LogP) is 5.16. The zero-order chi connectivity index (χ0) is 13.7. The molecular weight excluding hydrogens is 244 g/mol. The van der Waals surface area contributed by atoms with Gasteiger partial charge in [0.05, 0.1) is 0 Å². The van der Waals surface area contributed by atoms with Gasteiger partial charge in [0.15, 0.2) is 0 Å². The van der Waals surface area contributed by atoms with Crippen LogP contribution in [0.1, 0.15) is 5.56 Å². The van der Waals surface area contributed by atoms with Gasteiger partial charge in [-0.1, -0.05) is 42.5 Å². The van der Waals surface area contributed by atoms with E-state index < -0.39 is 0 Å². The molecule has 0 atom stereocenters. The molecule has 96 valence electrons. The largest absolute Gasteiger partial charge is 0.508 e. The summed E-state index contributed by atoms with van der Waals surface area (Å²) in [6.45, 7) is 2.18. The first kappa shape index (κ1) is 11.3. The van der Waals surface area contributed by atoms with Crippen molar-refractivity contribution in [3.05, 3.63) is 66.2 Å². The van der Waals surface area contributed by atoms with Crippen LogP contribution in [0.4, 0.5) is 0 Å². The van der Waals surface area contributed by atoms with E-state index in [-0.39, 0.29) is 0 Å². The van der Waals surface area contributed by atoms with Gasteiger partial charge >= 0.3 is 0 Å². The molecule has 4 aromatic rings. The van der Waals surface area contributed by atoms with Crippen LogP contribution in [0.25, 0.3) is 32.3 Å². The van der Waals surface area contributed by atoms with Crippen LogP contribution in [-0.2, 0) is 0 Å². The molecule has 0 bridgehead atoms. The number of hydrogen-bond donors (Lipinski definition) is 1. The lowest BCUT2D eigenvalue weighted by Gasteiger charge is -2.11. The summed E-state index contributed by atoms with van der Waals surface area (Å²) in [5.41, 5.74) is 1.30. The summed E-state index contributed by atoms with van der Waals surface area (Å²) in [5.74, 6) is 0.315. The molecule has 20 heavy (non-hydrogen) atoms. The van der Waals surface area contributed by atoms with Gasteiger partial charge in [-0.05, 0) is 63.0 Å². The topological polar surface area (TPSA) is 20.2 Å². The molecule has 1 heteroatoms. The molecule has 0 unspecified atom stereocenters. The fourth-order valence-corrected chi connectivity index (χ4v) is 3.14. The van der Waals surface area contributed by atoms with Gasteiger partial charge in [0.25, 0.3) is 0 Å². The highest BCUT2D eigenvalue weighted by Gasteiger charge is 2.07. The number of aryl methyl sites for hydroxylation is 1. The smallest absolute Gasteiger partial charge is 0.116 e. The highest BCUT2D eigenvalue weighted by atomic mass is 16.3. The second-order valence-electron chi connectivity index (χ2n) is 5.29. The van der Waals surface area contributed by atoms with Gasteiger partial charge in [-0.3, -0.25) is 0 Å². The molecule has 1 nitrogen and oxygen atoms in total. The highest BCUT2D eigenvalue weighted by molar-refractivity contribution is 6.14. The third-order valence-corrected chi connectivity index (χ3v) is 4.09. The van der Waals surface area contributed by atoms with Crippen LogP contribution in [0.5, 0.6) is 5.75 Å². The Bertz CT molecular complexity index is 967. The van der Waals surface area contributed by atoms with Crippen molar-refractivity contribution < 1.29 is 5.11 Å². The molecule has 0 heterocycles. The first-order valence-corrected chi connectivity index (χ1v) is 6.78. The van der Waals surface area contributed by atoms with Gasteiger partial charge in [-0.2, -0.15) is 0 Å². The van der Waals surface area contributed by atoms with Gasteiger partial charge in [-0.25, -0.2) is 0 Å². The summed E-state index contributed by atoms with van der Waals surface area (Å²) < 4.78 is 0.